The first-order valence-corrected chi connectivity index (χ1v) is 9.57. The average molecular weight is 324 g/mol. The number of fused-ring (bicyclic) bond motifs is 1. The standard InChI is InChI=1S/C17H29N3OS/c1-3-16-19-15-8-4-7-14(17(15)22-16)18-13-6-5-9-20(12-13)10-11-21-2/h13-14,18H,3-12H2,1-2H3. The summed E-state index contributed by atoms with van der Waals surface area (Å²) in [5.41, 5.74) is 1.37. The number of hydrogen-bond donors (Lipinski definition) is 1. The second kappa shape index (κ2) is 7.86. The third kappa shape index (κ3) is 3.88. The summed E-state index contributed by atoms with van der Waals surface area (Å²) < 4.78 is 5.22. The zero-order chi connectivity index (χ0) is 15.4. The van der Waals surface area contributed by atoms with Crippen LogP contribution in [-0.2, 0) is 17.6 Å². The first kappa shape index (κ1) is 16.4. The van der Waals surface area contributed by atoms with E-state index in [9.17, 15) is 0 Å². The van der Waals surface area contributed by atoms with Gasteiger partial charge in [0, 0.05) is 37.2 Å². The van der Waals surface area contributed by atoms with E-state index in [1.54, 1.807) is 7.11 Å². The van der Waals surface area contributed by atoms with Crippen LogP contribution >= 0.6 is 11.3 Å². The SMILES string of the molecule is CCc1nc2c(s1)C(NC1CCCN(CCOC)C1)CCC2. The Bertz CT molecular complexity index is 476. The molecule has 0 aromatic carbocycles. The van der Waals surface area contributed by atoms with E-state index < -0.39 is 0 Å². The molecular formula is C17H29N3OS. The minimum Gasteiger partial charge on any atom is -0.383 e. The van der Waals surface area contributed by atoms with E-state index in [0.717, 1.165) is 26.1 Å². The van der Waals surface area contributed by atoms with Crippen molar-refractivity contribution in [3.63, 3.8) is 0 Å². The van der Waals surface area contributed by atoms with Crippen molar-refractivity contribution in [2.45, 2.75) is 57.5 Å². The average Bonchev–Trinajstić information content (AvgIpc) is 2.98. The van der Waals surface area contributed by atoms with E-state index in [1.165, 1.54) is 54.2 Å². The molecule has 1 aliphatic carbocycles. The molecule has 0 saturated carbocycles. The molecule has 1 aliphatic heterocycles. The Morgan fingerprint density at radius 2 is 2.27 bits per heavy atom. The van der Waals surface area contributed by atoms with Gasteiger partial charge in [0.2, 0.25) is 0 Å². The first-order valence-electron chi connectivity index (χ1n) is 8.76. The maximum Gasteiger partial charge on any atom is 0.0928 e. The molecule has 2 atom stereocenters. The Kier molecular flexibility index (Phi) is 5.85. The van der Waals surface area contributed by atoms with Gasteiger partial charge in [-0.3, -0.25) is 4.90 Å². The van der Waals surface area contributed by atoms with Gasteiger partial charge in [-0.25, -0.2) is 4.98 Å². The predicted molar refractivity (Wildman–Crippen MR) is 91.6 cm³/mol. The maximum atomic E-state index is 5.22. The molecule has 0 amide bonds. The fourth-order valence-corrected chi connectivity index (χ4v) is 4.83. The highest BCUT2D eigenvalue weighted by Gasteiger charge is 2.28. The molecule has 4 nitrogen and oxygen atoms in total. The highest BCUT2D eigenvalue weighted by Crippen LogP contribution is 2.35. The molecule has 2 heterocycles. The van der Waals surface area contributed by atoms with Gasteiger partial charge in [-0.1, -0.05) is 6.92 Å². The molecule has 5 heteroatoms. The molecule has 1 N–H and O–H groups in total. The molecule has 1 aromatic heterocycles. The number of thiazole rings is 1. The van der Waals surface area contributed by atoms with Crippen molar-refractivity contribution in [1.82, 2.24) is 15.2 Å². The van der Waals surface area contributed by atoms with E-state index in [-0.39, 0.29) is 0 Å². The number of rotatable bonds is 6. The van der Waals surface area contributed by atoms with Crippen molar-refractivity contribution in [2.24, 2.45) is 0 Å². The lowest BCUT2D eigenvalue weighted by molar-refractivity contribution is 0.119. The van der Waals surface area contributed by atoms with Gasteiger partial charge >= 0.3 is 0 Å². The van der Waals surface area contributed by atoms with Gasteiger partial charge in [0.25, 0.3) is 0 Å². The number of likely N-dealkylation sites (tertiary alicyclic amines) is 1. The highest BCUT2D eigenvalue weighted by molar-refractivity contribution is 7.11. The Balaban J connectivity index is 1.60. The Morgan fingerprint density at radius 3 is 3.09 bits per heavy atom. The van der Waals surface area contributed by atoms with E-state index in [0.29, 0.717) is 12.1 Å². The van der Waals surface area contributed by atoms with Gasteiger partial charge in [0.05, 0.1) is 17.3 Å². The van der Waals surface area contributed by atoms with E-state index in [4.69, 9.17) is 9.72 Å². The molecule has 1 fully saturated rings. The molecule has 0 bridgehead atoms. The predicted octanol–water partition coefficient (Wildman–Crippen LogP) is 2.78. The van der Waals surface area contributed by atoms with Crippen LogP contribution in [0.15, 0.2) is 0 Å². The zero-order valence-electron chi connectivity index (χ0n) is 13.9. The molecule has 1 aromatic rings. The summed E-state index contributed by atoms with van der Waals surface area (Å²) in [6.07, 6.45) is 7.39. The Labute approximate surface area is 138 Å². The van der Waals surface area contributed by atoms with Gasteiger partial charge in [-0.2, -0.15) is 0 Å². The van der Waals surface area contributed by atoms with Crippen LogP contribution in [0.3, 0.4) is 0 Å². The number of methoxy groups -OCH3 is 1. The number of piperidine rings is 1. The van der Waals surface area contributed by atoms with E-state index >= 15 is 0 Å². The summed E-state index contributed by atoms with van der Waals surface area (Å²) in [6, 6.07) is 1.16. The third-order valence-corrected chi connectivity index (χ3v) is 6.21. The van der Waals surface area contributed by atoms with Crippen LogP contribution in [0.1, 0.15) is 54.2 Å². The molecule has 2 unspecified atom stereocenters. The largest absolute Gasteiger partial charge is 0.383 e. The minimum atomic E-state index is 0.536. The van der Waals surface area contributed by atoms with Crippen LogP contribution in [0.25, 0.3) is 0 Å². The molecule has 22 heavy (non-hydrogen) atoms. The van der Waals surface area contributed by atoms with Crippen LogP contribution in [0.4, 0.5) is 0 Å². The van der Waals surface area contributed by atoms with Crippen molar-refractivity contribution in [1.29, 1.82) is 0 Å². The third-order valence-electron chi connectivity index (χ3n) is 4.85. The van der Waals surface area contributed by atoms with Crippen LogP contribution in [-0.4, -0.2) is 49.3 Å². The summed E-state index contributed by atoms with van der Waals surface area (Å²) in [5.74, 6) is 0. The van der Waals surface area contributed by atoms with Crippen molar-refractivity contribution < 1.29 is 4.74 Å². The van der Waals surface area contributed by atoms with Crippen molar-refractivity contribution in [3.05, 3.63) is 15.6 Å². The number of nitrogens with zero attached hydrogens (tertiary/aromatic N) is 2. The lowest BCUT2D eigenvalue weighted by Gasteiger charge is -2.36. The van der Waals surface area contributed by atoms with Gasteiger partial charge in [-0.05, 0) is 45.1 Å². The number of aryl methyl sites for hydroxylation is 2. The quantitative estimate of drug-likeness (QED) is 0.873. The fourth-order valence-electron chi connectivity index (χ4n) is 3.68. The summed E-state index contributed by atoms with van der Waals surface area (Å²) in [4.78, 5) is 8.88. The number of nitrogens with one attached hydrogen (secondary N) is 1. The van der Waals surface area contributed by atoms with E-state index in [2.05, 4.69) is 17.1 Å². The second-order valence-electron chi connectivity index (χ2n) is 6.52. The fraction of sp³-hybridized carbons (Fsp3) is 0.824. The minimum absolute atomic E-state index is 0.536. The monoisotopic (exact) mass is 323 g/mol. The summed E-state index contributed by atoms with van der Waals surface area (Å²) in [5, 5.41) is 5.26. The molecule has 3 rings (SSSR count). The van der Waals surface area contributed by atoms with Gasteiger partial charge in [-0.15, -0.1) is 11.3 Å². The first-order chi connectivity index (χ1) is 10.8. The maximum absolute atomic E-state index is 5.22. The molecule has 0 spiro atoms. The van der Waals surface area contributed by atoms with Gasteiger partial charge in [0.1, 0.15) is 0 Å². The van der Waals surface area contributed by atoms with Gasteiger partial charge < -0.3 is 10.1 Å². The topological polar surface area (TPSA) is 37.4 Å². The lowest BCUT2D eigenvalue weighted by atomic mass is 9.96. The van der Waals surface area contributed by atoms with Crippen LogP contribution < -0.4 is 5.32 Å². The van der Waals surface area contributed by atoms with Crippen LogP contribution in [0.5, 0.6) is 0 Å². The van der Waals surface area contributed by atoms with Crippen molar-refractivity contribution >= 4 is 11.3 Å². The summed E-state index contributed by atoms with van der Waals surface area (Å²) in [6.45, 7) is 6.49. The summed E-state index contributed by atoms with van der Waals surface area (Å²) >= 11 is 1.94. The molecule has 2 aliphatic rings. The molecular weight excluding hydrogens is 294 g/mol. The number of hydrogen-bond acceptors (Lipinski definition) is 5. The molecule has 124 valence electrons. The number of ether oxygens (including phenoxy) is 1. The lowest BCUT2D eigenvalue weighted by Crippen LogP contribution is -2.47. The normalized spacial score (nSPS) is 26.1. The molecule has 0 radical (unpaired) electrons. The summed E-state index contributed by atoms with van der Waals surface area (Å²) in [7, 11) is 1.79. The Hall–Kier alpha value is -0.490. The van der Waals surface area contributed by atoms with E-state index in [1.807, 2.05) is 11.3 Å². The van der Waals surface area contributed by atoms with Gasteiger partial charge in [0.15, 0.2) is 0 Å². The highest BCUT2D eigenvalue weighted by atomic mass is 32.1. The van der Waals surface area contributed by atoms with Crippen molar-refractivity contribution in [2.75, 3.05) is 33.4 Å². The zero-order valence-corrected chi connectivity index (χ0v) is 14.8. The smallest absolute Gasteiger partial charge is 0.0928 e. The number of aromatic nitrogens is 1. The second-order valence-corrected chi connectivity index (χ2v) is 7.63. The Morgan fingerprint density at radius 1 is 1.36 bits per heavy atom. The van der Waals surface area contributed by atoms with Crippen LogP contribution in [0, 0.1) is 0 Å². The van der Waals surface area contributed by atoms with Crippen molar-refractivity contribution in [3.8, 4) is 0 Å². The molecule has 1 saturated heterocycles. The van der Waals surface area contributed by atoms with Crippen LogP contribution in [0.2, 0.25) is 0 Å².